The van der Waals surface area contributed by atoms with Crippen molar-refractivity contribution in [2.45, 2.75) is 72.4 Å². The second-order valence-corrected chi connectivity index (χ2v) is 6.51. The maximum Gasteiger partial charge on any atom is 0.125 e. The van der Waals surface area contributed by atoms with Crippen LogP contribution in [-0.4, -0.2) is 12.6 Å². The van der Waals surface area contributed by atoms with Crippen LogP contribution < -0.4 is 10.1 Å². The largest absolute Gasteiger partial charge is 0.490 e. The zero-order chi connectivity index (χ0) is 15.2. The molecule has 0 amide bonds. The van der Waals surface area contributed by atoms with E-state index >= 15 is 0 Å². The van der Waals surface area contributed by atoms with Crippen molar-refractivity contribution in [1.29, 1.82) is 0 Å². The molecule has 0 bridgehead atoms. The number of aryl methyl sites for hydroxylation is 2. The zero-order valence-electron chi connectivity index (χ0n) is 14.2. The fourth-order valence-electron chi connectivity index (χ4n) is 3.42. The van der Waals surface area contributed by atoms with E-state index in [4.69, 9.17) is 4.74 Å². The highest BCUT2D eigenvalue weighted by molar-refractivity contribution is 5.43. The Morgan fingerprint density at radius 3 is 2.19 bits per heavy atom. The van der Waals surface area contributed by atoms with Crippen LogP contribution in [0.1, 0.15) is 62.6 Å². The van der Waals surface area contributed by atoms with Gasteiger partial charge in [0, 0.05) is 6.54 Å². The van der Waals surface area contributed by atoms with Crippen LogP contribution in [0.5, 0.6) is 5.75 Å². The molecule has 0 heterocycles. The summed E-state index contributed by atoms with van der Waals surface area (Å²) in [4.78, 5) is 0. The highest BCUT2D eigenvalue weighted by Gasteiger charge is 2.22. The molecule has 0 atom stereocenters. The first-order valence-corrected chi connectivity index (χ1v) is 8.61. The van der Waals surface area contributed by atoms with Crippen molar-refractivity contribution >= 4 is 0 Å². The molecule has 0 aliphatic heterocycles. The Bertz CT molecular complexity index is 424. The van der Waals surface area contributed by atoms with Crippen LogP contribution >= 0.6 is 0 Å². The van der Waals surface area contributed by atoms with E-state index in [0.29, 0.717) is 6.10 Å². The topological polar surface area (TPSA) is 21.3 Å². The summed E-state index contributed by atoms with van der Waals surface area (Å²) in [5.41, 5.74) is 3.91. The lowest BCUT2D eigenvalue weighted by Crippen LogP contribution is -2.24. The first-order chi connectivity index (χ1) is 10.1. The predicted octanol–water partition coefficient (Wildman–Crippen LogP) is 4.76. The molecule has 2 rings (SSSR count). The second kappa shape index (κ2) is 7.84. The molecule has 1 fully saturated rings. The molecule has 1 aliphatic rings. The molecule has 0 unspecified atom stereocenters. The Labute approximate surface area is 130 Å². The van der Waals surface area contributed by atoms with Gasteiger partial charge in [-0.1, -0.05) is 32.4 Å². The molecular formula is C19H31NO. The van der Waals surface area contributed by atoms with Crippen LogP contribution in [-0.2, 0) is 6.54 Å². The predicted molar refractivity (Wildman–Crippen MR) is 90.0 cm³/mol. The minimum absolute atomic E-state index is 0.421. The van der Waals surface area contributed by atoms with Crippen LogP contribution in [0.15, 0.2) is 12.1 Å². The molecule has 2 heteroatoms. The van der Waals surface area contributed by atoms with Crippen molar-refractivity contribution < 1.29 is 4.74 Å². The number of hydrogen-bond donors (Lipinski definition) is 1. The van der Waals surface area contributed by atoms with E-state index in [0.717, 1.165) is 24.8 Å². The van der Waals surface area contributed by atoms with Crippen molar-refractivity contribution in [2.24, 2.45) is 5.92 Å². The van der Waals surface area contributed by atoms with Gasteiger partial charge in [-0.2, -0.15) is 0 Å². The van der Waals surface area contributed by atoms with Gasteiger partial charge in [0.25, 0.3) is 0 Å². The fourth-order valence-corrected chi connectivity index (χ4v) is 3.42. The summed E-state index contributed by atoms with van der Waals surface area (Å²) < 4.78 is 6.35. The van der Waals surface area contributed by atoms with Gasteiger partial charge < -0.3 is 10.1 Å². The standard InChI is InChI=1S/C19H31NO/c1-5-16-7-9-18(10-8-16)21-19-14(3)11-17(12-15(19)4)13-20-6-2/h11-12,16,18,20H,5-10,13H2,1-4H3. The van der Waals surface area contributed by atoms with E-state index in [-0.39, 0.29) is 0 Å². The van der Waals surface area contributed by atoms with Crippen molar-refractivity contribution in [3.05, 3.63) is 28.8 Å². The fraction of sp³-hybridized carbons (Fsp3) is 0.684. The smallest absolute Gasteiger partial charge is 0.125 e. The second-order valence-electron chi connectivity index (χ2n) is 6.51. The van der Waals surface area contributed by atoms with Crippen LogP contribution in [0, 0.1) is 19.8 Å². The SMILES string of the molecule is CCNCc1cc(C)c(OC2CCC(CC)CC2)c(C)c1. The molecule has 118 valence electrons. The van der Waals surface area contributed by atoms with Gasteiger partial charge in [0.05, 0.1) is 6.10 Å². The molecule has 0 spiro atoms. The first-order valence-electron chi connectivity index (χ1n) is 8.61. The van der Waals surface area contributed by atoms with Gasteiger partial charge in [0.15, 0.2) is 0 Å². The Morgan fingerprint density at radius 1 is 1.05 bits per heavy atom. The maximum atomic E-state index is 6.35. The first kappa shape index (κ1) is 16.4. The van der Waals surface area contributed by atoms with E-state index in [9.17, 15) is 0 Å². The molecule has 0 aromatic heterocycles. The normalized spacial score (nSPS) is 22.3. The quantitative estimate of drug-likeness (QED) is 0.815. The van der Waals surface area contributed by atoms with Crippen molar-refractivity contribution in [3.63, 3.8) is 0 Å². The average molecular weight is 289 g/mol. The summed E-state index contributed by atoms with van der Waals surface area (Å²) in [6, 6.07) is 4.53. The molecule has 1 saturated carbocycles. The minimum Gasteiger partial charge on any atom is -0.490 e. The van der Waals surface area contributed by atoms with Crippen molar-refractivity contribution in [3.8, 4) is 5.75 Å². The Hall–Kier alpha value is -1.02. The van der Waals surface area contributed by atoms with Gasteiger partial charge in [0.2, 0.25) is 0 Å². The van der Waals surface area contributed by atoms with Gasteiger partial charge in [-0.15, -0.1) is 0 Å². The maximum absolute atomic E-state index is 6.35. The van der Waals surface area contributed by atoms with Crippen LogP contribution in [0.2, 0.25) is 0 Å². The highest BCUT2D eigenvalue weighted by atomic mass is 16.5. The molecule has 1 aromatic carbocycles. The van der Waals surface area contributed by atoms with Crippen molar-refractivity contribution in [2.75, 3.05) is 6.54 Å². The third-order valence-electron chi connectivity index (χ3n) is 4.75. The Morgan fingerprint density at radius 2 is 1.67 bits per heavy atom. The summed E-state index contributed by atoms with van der Waals surface area (Å²) in [7, 11) is 0. The number of ether oxygens (including phenoxy) is 1. The van der Waals surface area contributed by atoms with E-state index in [2.05, 4.69) is 45.1 Å². The average Bonchev–Trinajstić information content (AvgIpc) is 2.49. The summed E-state index contributed by atoms with van der Waals surface area (Å²) in [5, 5.41) is 3.39. The van der Waals surface area contributed by atoms with Crippen molar-refractivity contribution in [1.82, 2.24) is 5.32 Å². The molecule has 1 aromatic rings. The Balaban J connectivity index is 2.00. The molecule has 21 heavy (non-hydrogen) atoms. The number of nitrogens with one attached hydrogen (secondary N) is 1. The van der Waals surface area contributed by atoms with Gasteiger partial charge in [-0.3, -0.25) is 0 Å². The number of benzene rings is 1. The summed E-state index contributed by atoms with van der Waals surface area (Å²) >= 11 is 0. The molecule has 1 aliphatic carbocycles. The van der Waals surface area contributed by atoms with E-state index in [1.54, 1.807) is 0 Å². The number of hydrogen-bond acceptors (Lipinski definition) is 2. The van der Waals surface area contributed by atoms with E-state index in [1.807, 2.05) is 0 Å². The number of rotatable bonds is 6. The lowest BCUT2D eigenvalue weighted by atomic mass is 9.86. The lowest BCUT2D eigenvalue weighted by Gasteiger charge is -2.29. The van der Waals surface area contributed by atoms with Gasteiger partial charge in [-0.05, 0) is 68.7 Å². The van der Waals surface area contributed by atoms with Gasteiger partial charge >= 0.3 is 0 Å². The summed E-state index contributed by atoms with van der Waals surface area (Å²) in [6.45, 7) is 10.8. The Kier molecular flexibility index (Phi) is 6.10. The third-order valence-corrected chi connectivity index (χ3v) is 4.75. The van der Waals surface area contributed by atoms with Crippen LogP contribution in [0.25, 0.3) is 0 Å². The van der Waals surface area contributed by atoms with Gasteiger partial charge in [0.1, 0.15) is 5.75 Å². The van der Waals surface area contributed by atoms with E-state index in [1.165, 1.54) is 48.8 Å². The molecule has 0 radical (unpaired) electrons. The minimum atomic E-state index is 0.421. The zero-order valence-corrected chi connectivity index (χ0v) is 14.2. The van der Waals surface area contributed by atoms with E-state index < -0.39 is 0 Å². The van der Waals surface area contributed by atoms with Crippen LogP contribution in [0.3, 0.4) is 0 Å². The lowest BCUT2D eigenvalue weighted by molar-refractivity contribution is 0.128. The molecule has 1 N–H and O–H groups in total. The monoisotopic (exact) mass is 289 g/mol. The van der Waals surface area contributed by atoms with Gasteiger partial charge in [-0.25, -0.2) is 0 Å². The highest BCUT2D eigenvalue weighted by Crippen LogP contribution is 2.32. The molecule has 2 nitrogen and oxygen atoms in total. The summed E-state index contributed by atoms with van der Waals surface area (Å²) in [5.74, 6) is 2.05. The molecular weight excluding hydrogens is 258 g/mol. The third kappa shape index (κ3) is 4.47. The van der Waals surface area contributed by atoms with Crippen LogP contribution in [0.4, 0.5) is 0 Å². The summed E-state index contributed by atoms with van der Waals surface area (Å²) in [6.07, 6.45) is 6.84. The molecule has 0 saturated heterocycles.